The van der Waals surface area contributed by atoms with Crippen molar-refractivity contribution in [1.29, 1.82) is 0 Å². The Morgan fingerprint density at radius 2 is 0.962 bits per heavy atom. The zero-order chi connectivity index (χ0) is 34.2. The second-order valence-corrected chi connectivity index (χ2v) is 13.3. The summed E-state index contributed by atoms with van der Waals surface area (Å²) in [7, 11) is 0. The summed E-state index contributed by atoms with van der Waals surface area (Å²) < 4.78 is 9.00. The molecule has 0 bridgehead atoms. The molecule has 0 fully saturated rings. The summed E-state index contributed by atoms with van der Waals surface area (Å²) in [4.78, 5) is 15.3. The molecule has 5 nitrogen and oxygen atoms in total. The normalized spacial score (nSPS) is 11.8. The van der Waals surface area contributed by atoms with Gasteiger partial charge in [0.15, 0.2) is 17.5 Å². The van der Waals surface area contributed by atoms with Crippen molar-refractivity contribution < 1.29 is 4.42 Å². The molecule has 3 heterocycles. The summed E-state index contributed by atoms with van der Waals surface area (Å²) in [6, 6.07) is 59.2. The number of hydrogen-bond acceptors (Lipinski definition) is 4. The average Bonchev–Trinajstić information content (AvgIpc) is 3.74. The standard InChI is InChI=1S/C47H28N4O/c1-3-13-29(14-4-1)45-48-46(30-15-5-2-6-16-30)50-47(49-45)39-27-35(28-43-44(39)37-20-10-12-22-42(37)52-43)51-40-21-11-9-19-36(40)38-25-33-23-31-17-7-8-18-32(31)24-34(33)26-41(38)51/h1-28H. The lowest BCUT2D eigenvalue weighted by molar-refractivity contribution is 0.668. The highest BCUT2D eigenvalue weighted by Crippen LogP contribution is 2.41. The molecule has 0 radical (unpaired) electrons. The van der Waals surface area contributed by atoms with Gasteiger partial charge in [-0.05, 0) is 64.0 Å². The first-order chi connectivity index (χ1) is 25.7. The van der Waals surface area contributed by atoms with Gasteiger partial charge in [-0.15, -0.1) is 0 Å². The molecule has 5 heteroatoms. The van der Waals surface area contributed by atoms with Crippen LogP contribution < -0.4 is 0 Å². The minimum absolute atomic E-state index is 0.587. The van der Waals surface area contributed by atoms with Crippen LogP contribution in [0.2, 0.25) is 0 Å². The molecule has 0 N–H and O–H groups in total. The van der Waals surface area contributed by atoms with Gasteiger partial charge in [0.1, 0.15) is 11.2 Å². The highest BCUT2D eigenvalue weighted by atomic mass is 16.3. The number of furan rings is 1. The molecule has 3 aromatic heterocycles. The van der Waals surface area contributed by atoms with Crippen LogP contribution in [0, 0.1) is 0 Å². The first kappa shape index (κ1) is 28.7. The van der Waals surface area contributed by atoms with Crippen LogP contribution in [0.15, 0.2) is 174 Å². The molecule has 0 aliphatic heterocycles. The molecule has 8 aromatic carbocycles. The van der Waals surface area contributed by atoms with Crippen LogP contribution in [-0.4, -0.2) is 19.5 Å². The number of benzene rings is 8. The molecule has 0 amide bonds. The Balaban J connectivity index is 1.24. The van der Waals surface area contributed by atoms with Crippen molar-refractivity contribution in [2.75, 3.05) is 0 Å². The van der Waals surface area contributed by atoms with Gasteiger partial charge in [-0.1, -0.05) is 121 Å². The first-order valence-electron chi connectivity index (χ1n) is 17.4. The Kier molecular flexibility index (Phi) is 6.18. The molecule has 0 aliphatic carbocycles. The molecule has 0 saturated heterocycles. The zero-order valence-electron chi connectivity index (χ0n) is 27.9. The van der Waals surface area contributed by atoms with E-state index in [-0.39, 0.29) is 0 Å². The fourth-order valence-electron chi connectivity index (χ4n) is 7.76. The Labute approximate surface area is 298 Å². The maximum absolute atomic E-state index is 6.64. The summed E-state index contributed by atoms with van der Waals surface area (Å²) in [5.74, 6) is 1.82. The van der Waals surface area contributed by atoms with Crippen LogP contribution in [0.25, 0.3) is 105 Å². The van der Waals surface area contributed by atoms with Crippen molar-refractivity contribution in [3.8, 4) is 39.9 Å². The minimum atomic E-state index is 0.587. The lowest BCUT2D eigenvalue weighted by Gasteiger charge is -2.13. The number of para-hydroxylation sites is 2. The van der Waals surface area contributed by atoms with E-state index in [9.17, 15) is 0 Å². The first-order valence-corrected chi connectivity index (χ1v) is 17.4. The molecule has 0 saturated carbocycles. The molecule has 0 spiro atoms. The van der Waals surface area contributed by atoms with Gasteiger partial charge in [0.05, 0.1) is 16.7 Å². The molecule has 0 atom stereocenters. The van der Waals surface area contributed by atoms with E-state index in [0.29, 0.717) is 17.5 Å². The zero-order valence-corrected chi connectivity index (χ0v) is 27.9. The third-order valence-electron chi connectivity index (χ3n) is 10.2. The Hall–Kier alpha value is -7.11. The van der Waals surface area contributed by atoms with Crippen LogP contribution in [0.1, 0.15) is 0 Å². The van der Waals surface area contributed by atoms with Crippen LogP contribution in [0.5, 0.6) is 0 Å². The number of hydrogen-bond donors (Lipinski definition) is 0. The highest BCUT2D eigenvalue weighted by molar-refractivity contribution is 6.16. The topological polar surface area (TPSA) is 56.7 Å². The van der Waals surface area contributed by atoms with Crippen molar-refractivity contribution in [3.05, 3.63) is 170 Å². The van der Waals surface area contributed by atoms with Gasteiger partial charge in [0.2, 0.25) is 0 Å². The van der Waals surface area contributed by atoms with Gasteiger partial charge < -0.3 is 8.98 Å². The number of fused-ring (bicyclic) bond motifs is 8. The maximum atomic E-state index is 6.64. The maximum Gasteiger partial charge on any atom is 0.164 e. The van der Waals surface area contributed by atoms with Gasteiger partial charge in [0, 0.05) is 44.3 Å². The summed E-state index contributed by atoms with van der Waals surface area (Å²) in [6.45, 7) is 0. The van der Waals surface area contributed by atoms with Gasteiger partial charge in [-0.3, -0.25) is 0 Å². The molecule has 11 rings (SSSR count). The third kappa shape index (κ3) is 4.46. The van der Waals surface area contributed by atoms with E-state index >= 15 is 0 Å². The van der Waals surface area contributed by atoms with Crippen molar-refractivity contribution in [3.63, 3.8) is 0 Å². The van der Waals surface area contributed by atoms with Gasteiger partial charge in [0.25, 0.3) is 0 Å². The smallest absolute Gasteiger partial charge is 0.164 e. The fraction of sp³-hybridized carbons (Fsp3) is 0. The molecule has 242 valence electrons. The predicted molar refractivity (Wildman–Crippen MR) is 213 cm³/mol. The molecule has 11 aromatic rings. The van der Waals surface area contributed by atoms with Crippen LogP contribution >= 0.6 is 0 Å². The van der Waals surface area contributed by atoms with E-state index in [0.717, 1.165) is 55.3 Å². The third-order valence-corrected chi connectivity index (χ3v) is 10.2. The molecule has 0 aliphatic rings. The van der Waals surface area contributed by atoms with Crippen molar-refractivity contribution in [2.24, 2.45) is 0 Å². The number of nitrogens with zero attached hydrogens (tertiary/aromatic N) is 4. The SMILES string of the molecule is c1ccc(-c2nc(-c3ccccc3)nc(-c3cc(-n4c5ccccc5c5cc6cc7ccccc7cc6cc54)cc4oc5ccccc5c34)n2)cc1. The summed E-state index contributed by atoms with van der Waals surface area (Å²) in [5, 5.41) is 9.25. The van der Waals surface area contributed by atoms with E-state index < -0.39 is 0 Å². The van der Waals surface area contributed by atoms with Crippen molar-refractivity contribution in [2.45, 2.75) is 0 Å². The molecule has 0 unspecified atom stereocenters. The second-order valence-electron chi connectivity index (χ2n) is 13.3. The monoisotopic (exact) mass is 664 g/mol. The summed E-state index contributed by atoms with van der Waals surface area (Å²) in [6.07, 6.45) is 0. The van der Waals surface area contributed by atoms with Crippen LogP contribution in [0.3, 0.4) is 0 Å². The highest BCUT2D eigenvalue weighted by Gasteiger charge is 2.21. The Morgan fingerprint density at radius 1 is 0.385 bits per heavy atom. The lowest BCUT2D eigenvalue weighted by Crippen LogP contribution is -2.01. The summed E-state index contributed by atoms with van der Waals surface area (Å²) >= 11 is 0. The van der Waals surface area contributed by atoms with E-state index in [1.165, 1.54) is 32.3 Å². The van der Waals surface area contributed by atoms with Gasteiger partial charge in [-0.2, -0.15) is 0 Å². The number of aromatic nitrogens is 4. The van der Waals surface area contributed by atoms with E-state index in [1.807, 2.05) is 72.8 Å². The van der Waals surface area contributed by atoms with E-state index in [2.05, 4.69) is 102 Å². The summed E-state index contributed by atoms with van der Waals surface area (Å²) in [5.41, 5.74) is 7.53. The lowest BCUT2D eigenvalue weighted by atomic mass is 10.0. The minimum Gasteiger partial charge on any atom is -0.456 e. The second kappa shape index (κ2) is 11.2. The van der Waals surface area contributed by atoms with Gasteiger partial charge >= 0.3 is 0 Å². The van der Waals surface area contributed by atoms with Crippen molar-refractivity contribution in [1.82, 2.24) is 19.5 Å². The average molecular weight is 665 g/mol. The Morgan fingerprint density at radius 3 is 1.67 bits per heavy atom. The largest absolute Gasteiger partial charge is 0.456 e. The van der Waals surface area contributed by atoms with Crippen LogP contribution in [-0.2, 0) is 0 Å². The Bertz CT molecular complexity index is 3120. The molecular formula is C47H28N4O. The number of rotatable bonds is 4. The predicted octanol–water partition coefficient (Wildman–Crippen LogP) is 12.2. The van der Waals surface area contributed by atoms with E-state index in [1.54, 1.807) is 0 Å². The fourth-order valence-corrected chi connectivity index (χ4v) is 7.76. The molecular weight excluding hydrogens is 637 g/mol. The quantitative estimate of drug-likeness (QED) is 0.176. The van der Waals surface area contributed by atoms with Crippen molar-refractivity contribution >= 4 is 65.3 Å². The van der Waals surface area contributed by atoms with Gasteiger partial charge in [-0.25, -0.2) is 15.0 Å². The van der Waals surface area contributed by atoms with Crippen LogP contribution in [0.4, 0.5) is 0 Å². The van der Waals surface area contributed by atoms with E-state index in [4.69, 9.17) is 19.4 Å². The molecule has 52 heavy (non-hydrogen) atoms.